The van der Waals surface area contributed by atoms with Crippen LogP contribution in [0, 0.1) is 6.92 Å². The maximum absolute atomic E-state index is 12.9. The van der Waals surface area contributed by atoms with E-state index >= 15 is 0 Å². The number of hydrogen-bond donors (Lipinski definition) is 0. The Morgan fingerprint density at radius 2 is 1.62 bits per heavy atom. The molecular weight excluding hydrogens is 324 g/mol. The average molecular weight is 344 g/mol. The molecule has 0 N–H and O–H groups in total. The number of ether oxygens (including phenoxy) is 2. The van der Waals surface area contributed by atoms with Gasteiger partial charge in [-0.15, -0.1) is 0 Å². The Morgan fingerprint density at radius 3 is 2.38 bits per heavy atom. The molecule has 0 fully saturated rings. The van der Waals surface area contributed by atoms with Gasteiger partial charge in [0.2, 0.25) is 6.79 Å². The molecule has 1 atom stereocenters. The first-order valence-electron chi connectivity index (χ1n) is 8.75. The summed E-state index contributed by atoms with van der Waals surface area (Å²) in [5.41, 5.74) is 4.07. The summed E-state index contributed by atoms with van der Waals surface area (Å²) < 4.78 is 10.9. The fourth-order valence-corrected chi connectivity index (χ4v) is 3.29. The Hall–Kier alpha value is -3.07. The molecule has 0 saturated carbocycles. The summed E-state index contributed by atoms with van der Waals surface area (Å²) in [6.07, 6.45) is 0.409. The molecule has 0 radical (unpaired) electrons. The van der Waals surface area contributed by atoms with Gasteiger partial charge in [-0.3, -0.25) is 4.79 Å². The molecule has 130 valence electrons. The van der Waals surface area contributed by atoms with E-state index in [2.05, 4.69) is 12.1 Å². The number of carbonyl (C=O) groups is 1. The topological polar surface area (TPSA) is 35.5 Å². The molecule has 1 unspecified atom stereocenters. The monoisotopic (exact) mass is 344 g/mol. The van der Waals surface area contributed by atoms with Gasteiger partial charge in [0.25, 0.3) is 0 Å². The number of rotatable bonds is 5. The SMILES string of the molecule is Cc1ccc(C(=O)CC(c2ccccc2)c2ccc3c(c2)OCO3)cc1. The van der Waals surface area contributed by atoms with E-state index in [4.69, 9.17) is 9.47 Å². The second-order valence-electron chi connectivity index (χ2n) is 6.57. The first-order valence-corrected chi connectivity index (χ1v) is 8.75. The van der Waals surface area contributed by atoms with Crippen LogP contribution in [0.5, 0.6) is 11.5 Å². The Balaban J connectivity index is 1.67. The molecule has 1 aliphatic heterocycles. The van der Waals surface area contributed by atoms with E-state index in [9.17, 15) is 4.79 Å². The molecule has 3 aromatic rings. The van der Waals surface area contributed by atoms with Crippen LogP contribution in [0.15, 0.2) is 72.8 Å². The minimum Gasteiger partial charge on any atom is -0.454 e. The van der Waals surface area contributed by atoms with Crippen molar-refractivity contribution >= 4 is 5.78 Å². The largest absolute Gasteiger partial charge is 0.454 e. The normalized spacial score (nSPS) is 13.4. The molecule has 3 aromatic carbocycles. The van der Waals surface area contributed by atoms with E-state index in [1.807, 2.05) is 67.6 Å². The summed E-state index contributed by atoms with van der Waals surface area (Å²) in [5, 5.41) is 0. The van der Waals surface area contributed by atoms with E-state index in [0.717, 1.165) is 33.8 Å². The predicted octanol–water partition coefficient (Wildman–Crippen LogP) is 5.13. The van der Waals surface area contributed by atoms with Gasteiger partial charge < -0.3 is 9.47 Å². The quantitative estimate of drug-likeness (QED) is 0.602. The van der Waals surface area contributed by atoms with Gasteiger partial charge >= 0.3 is 0 Å². The van der Waals surface area contributed by atoms with Crippen molar-refractivity contribution in [3.63, 3.8) is 0 Å². The number of aryl methyl sites for hydroxylation is 1. The minimum absolute atomic E-state index is 0.0282. The average Bonchev–Trinajstić information content (AvgIpc) is 3.15. The Labute approximate surface area is 153 Å². The van der Waals surface area contributed by atoms with E-state index in [1.165, 1.54) is 0 Å². The number of benzene rings is 3. The second-order valence-corrected chi connectivity index (χ2v) is 6.57. The van der Waals surface area contributed by atoms with Crippen LogP contribution in [0.2, 0.25) is 0 Å². The third-order valence-electron chi connectivity index (χ3n) is 4.76. The van der Waals surface area contributed by atoms with Crippen molar-refractivity contribution in [2.75, 3.05) is 6.79 Å². The summed E-state index contributed by atoms with van der Waals surface area (Å²) in [4.78, 5) is 12.9. The zero-order valence-electron chi connectivity index (χ0n) is 14.6. The zero-order chi connectivity index (χ0) is 17.9. The Bertz CT molecular complexity index is 914. The predicted molar refractivity (Wildman–Crippen MR) is 101 cm³/mol. The fraction of sp³-hybridized carbons (Fsp3) is 0.174. The lowest BCUT2D eigenvalue weighted by Crippen LogP contribution is -2.09. The highest BCUT2D eigenvalue weighted by Gasteiger charge is 2.22. The van der Waals surface area contributed by atoms with E-state index < -0.39 is 0 Å². The number of ketones is 1. The molecular formula is C23H20O3. The minimum atomic E-state index is -0.0282. The van der Waals surface area contributed by atoms with Gasteiger partial charge in [-0.25, -0.2) is 0 Å². The van der Waals surface area contributed by atoms with Gasteiger partial charge in [-0.1, -0.05) is 66.2 Å². The van der Waals surface area contributed by atoms with Crippen LogP contribution in [-0.4, -0.2) is 12.6 Å². The number of hydrogen-bond acceptors (Lipinski definition) is 3. The van der Waals surface area contributed by atoms with E-state index in [1.54, 1.807) is 0 Å². The first-order chi connectivity index (χ1) is 12.7. The molecule has 1 aliphatic rings. The van der Waals surface area contributed by atoms with Crippen molar-refractivity contribution in [1.29, 1.82) is 0 Å². The number of carbonyl (C=O) groups excluding carboxylic acids is 1. The van der Waals surface area contributed by atoms with E-state index in [-0.39, 0.29) is 18.5 Å². The molecule has 0 saturated heterocycles. The van der Waals surface area contributed by atoms with Crippen LogP contribution in [0.3, 0.4) is 0 Å². The molecule has 1 heterocycles. The molecule has 0 spiro atoms. The highest BCUT2D eigenvalue weighted by atomic mass is 16.7. The Morgan fingerprint density at radius 1 is 0.885 bits per heavy atom. The summed E-state index contributed by atoms with van der Waals surface area (Å²) in [5.74, 6) is 1.60. The van der Waals surface area contributed by atoms with Crippen LogP contribution in [0.1, 0.15) is 39.4 Å². The van der Waals surface area contributed by atoms with Gasteiger partial charge in [0.1, 0.15) is 0 Å². The lowest BCUT2D eigenvalue weighted by atomic mass is 9.85. The van der Waals surface area contributed by atoms with Crippen molar-refractivity contribution < 1.29 is 14.3 Å². The van der Waals surface area contributed by atoms with Crippen LogP contribution < -0.4 is 9.47 Å². The van der Waals surface area contributed by atoms with Crippen molar-refractivity contribution in [1.82, 2.24) is 0 Å². The standard InChI is InChI=1S/C23H20O3/c1-16-7-9-18(10-8-16)21(24)14-20(17-5-3-2-4-6-17)19-11-12-22-23(13-19)26-15-25-22/h2-13,20H,14-15H2,1H3. The van der Waals surface area contributed by atoms with Crippen LogP contribution in [-0.2, 0) is 0 Å². The highest BCUT2D eigenvalue weighted by Crippen LogP contribution is 2.38. The lowest BCUT2D eigenvalue weighted by molar-refractivity contribution is 0.0977. The van der Waals surface area contributed by atoms with E-state index in [0.29, 0.717) is 6.42 Å². The third kappa shape index (κ3) is 3.33. The number of Topliss-reactive ketones (excluding diaryl/α,β-unsaturated/α-hetero) is 1. The maximum Gasteiger partial charge on any atom is 0.231 e. The molecule has 0 aliphatic carbocycles. The second kappa shape index (κ2) is 7.04. The molecule has 0 bridgehead atoms. The summed E-state index contributed by atoms with van der Waals surface area (Å²) >= 11 is 0. The summed E-state index contributed by atoms with van der Waals surface area (Å²) in [6.45, 7) is 2.27. The third-order valence-corrected chi connectivity index (χ3v) is 4.76. The lowest BCUT2D eigenvalue weighted by Gasteiger charge is -2.18. The maximum atomic E-state index is 12.9. The van der Waals surface area contributed by atoms with Crippen molar-refractivity contribution in [3.8, 4) is 11.5 Å². The molecule has 3 nitrogen and oxygen atoms in total. The fourth-order valence-electron chi connectivity index (χ4n) is 3.29. The van der Waals surface area contributed by atoms with Crippen LogP contribution >= 0.6 is 0 Å². The zero-order valence-corrected chi connectivity index (χ0v) is 14.6. The van der Waals surface area contributed by atoms with Crippen LogP contribution in [0.4, 0.5) is 0 Å². The smallest absolute Gasteiger partial charge is 0.231 e. The molecule has 0 amide bonds. The Kier molecular flexibility index (Phi) is 4.44. The molecule has 0 aromatic heterocycles. The molecule has 26 heavy (non-hydrogen) atoms. The van der Waals surface area contributed by atoms with Gasteiger partial charge in [-0.05, 0) is 30.2 Å². The van der Waals surface area contributed by atoms with Crippen molar-refractivity contribution in [2.24, 2.45) is 0 Å². The molecule has 3 heteroatoms. The molecule has 4 rings (SSSR count). The van der Waals surface area contributed by atoms with Gasteiger partial charge in [0.15, 0.2) is 17.3 Å². The van der Waals surface area contributed by atoms with Crippen molar-refractivity contribution in [2.45, 2.75) is 19.3 Å². The first kappa shape index (κ1) is 16.4. The van der Waals surface area contributed by atoms with Gasteiger partial charge in [0.05, 0.1) is 0 Å². The van der Waals surface area contributed by atoms with Crippen molar-refractivity contribution in [3.05, 3.63) is 95.1 Å². The summed E-state index contributed by atoms with van der Waals surface area (Å²) in [7, 11) is 0. The van der Waals surface area contributed by atoms with Gasteiger partial charge in [0, 0.05) is 17.9 Å². The van der Waals surface area contributed by atoms with Crippen LogP contribution in [0.25, 0.3) is 0 Å². The van der Waals surface area contributed by atoms with Gasteiger partial charge in [-0.2, -0.15) is 0 Å². The number of fused-ring (bicyclic) bond motifs is 1. The summed E-state index contributed by atoms with van der Waals surface area (Å²) in [6, 6.07) is 23.8. The highest BCUT2D eigenvalue weighted by molar-refractivity contribution is 5.96.